The number of halogens is 1. The minimum atomic E-state index is -0.255. The highest BCUT2D eigenvalue weighted by molar-refractivity contribution is 9.10. The zero-order chi connectivity index (χ0) is 21.5. The summed E-state index contributed by atoms with van der Waals surface area (Å²) in [4.78, 5) is 31.0. The lowest BCUT2D eigenvalue weighted by Gasteiger charge is -2.15. The fourth-order valence-corrected chi connectivity index (χ4v) is 4.09. The van der Waals surface area contributed by atoms with Gasteiger partial charge in [-0.15, -0.1) is 0 Å². The number of anilines is 1. The van der Waals surface area contributed by atoms with Crippen molar-refractivity contribution in [2.45, 2.75) is 0 Å². The van der Waals surface area contributed by atoms with Crippen molar-refractivity contribution in [2.24, 2.45) is 0 Å². The maximum Gasteiger partial charge on any atom is 0.266 e. The summed E-state index contributed by atoms with van der Waals surface area (Å²) in [5, 5.41) is 3.31. The van der Waals surface area contributed by atoms with E-state index in [9.17, 15) is 9.59 Å². The van der Waals surface area contributed by atoms with Crippen molar-refractivity contribution in [3.8, 4) is 11.4 Å². The van der Waals surface area contributed by atoms with Crippen molar-refractivity contribution in [3.05, 3.63) is 92.9 Å². The molecule has 1 aliphatic rings. The fourth-order valence-electron chi connectivity index (χ4n) is 3.73. The van der Waals surface area contributed by atoms with Gasteiger partial charge in [0.15, 0.2) is 0 Å². The Morgan fingerprint density at radius 1 is 1.03 bits per heavy atom. The van der Waals surface area contributed by atoms with E-state index in [4.69, 9.17) is 9.72 Å². The summed E-state index contributed by atoms with van der Waals surface area (Å²) in [6.07, 6.45) is 1.65. The Bertz CT molecular complexity index is 1460. The van der Waals surface area contributed by atoms with E-state index in [0.717, 1.165) is 15.7 Å². The Hall–Kier alpha value is -3.71. The van der Waals surface area contributed by atoms with E-state index in [2.05, 4.69) is 21.2 Å². The first kappa shape index (κ1) is 19.3. The highest BCUT2D eigenvalue weighted by Crippen LogP contribution is 2.33. The van der Waals surface area contributed by atoms with Crippen LogP contribution in [0.25, 0.3) is 28.2 Å². The van der Waals surface area contributed by atoms with Gasteiger partial charge in [0.05, 0.1) is 29.3 Å². The van der Waals surface area contributed by atoms with Crippen LogP contribution < -0.4 is 15.6 Å². The van der Waals surface area contributed by atoms with E-state index in [-0.39, 0.29) is 11.5 Å². The molecule has 5 rings (SSSR count). The number of methoxy groups -OCH3 is 1. The number of nitrogens with zero attached hydrogens (tertiary/aromatic N) is 2. The van der Waals surface area contributed by atoms with Crippen LogP contribution in [-0.4, -0.2) is 22.6 Å². The van der Waals surface area contributed by atoms with Crippen LogP contribution in [-0.2, 0) is 4.79 Å². The molecule has 2 heterocycles. The Balaban J connectivity index is 1.85. The van der Waals surface area contributed by atoms with Crippen molar-refractivity contribution < 1.29 is 9.53 Å². The van der Waals surface area contributed by atoms with Crippen molar-refractivity contribution in [3.63, 3.8) is 0 Å². The van der Waals surface area contributed by atoms with Gasteiger partial charge in [-0.2, -0.15) is 0 Å². The molecule has 0 bridgehead atoms. The summed E-state index contributed by atoms with van der Waals surface area (Å²) >= 11 is 3.43. The van der Waals surface area contributed by atoms with Crippen molar-refractivity contribution in [1.29, 1.82) is 0 Å². The number of ether oxygens (including phenoxy) is 1. The van der Waals surface area contributed by atoms with Crippen LogP contribution in [0.4, 0.5) is 5.69 Å². The number of carbonyl (C=O) groups is 1. The third-order valence-electron chi connectivity index (χ3n) is 5.17. The Morgan fingerprint density at radius 2 is 1.81 bits per heavy atom. The molecule has 3 aromatic carbocycles. The highest BCUT2D eigenvalue weighted by Gasteiger charge is 2.25. The maximum absolute atomic E-state index is 13.6. The molecule has 0 unspecified atom stereocenters. The molecule has 1 aromatic heterocycles. The molecule has 0 saturated heterocycles. The monoisotopic (exact) mass is 473 g/mol. The van der Waals surface area contributed by atoms with Gasteiger partial charge >= 0.3 is 0 Å². The molecule has 0 radical (unpaired) electrons. The van der Waals surface area contributed by atoms with Crippen LogP contribution >= 0.6 is 15.9 Å². The molecule has 152 valence electrons. The Morgan fingerprint density at radius 3 is 2.65 bits per heavy atom. The van der Waals surface area contributed by atoms with Gasteiger partial charge in [0.1, 0.15) is 11.6 Å². The van der Waals surface area contributed by atoms with Crippen LogP contribution in [0.3, 0.4) is 0 Å². The number of hydrogen-bond donors (Lipinski definition) is 1. The molecule has 7 heteroatoms. The lowest BCUT2D eigenvalue weighted by Crippen LogP contribution is -2.23. The van der Waals surface area contributed by atoms with Crippen molar-refractivity contribution in [1.82, 2.24) is 9.55 Å². The quantitative estimate of drug-likeness (QED) is 0.439. The number of hydrogen-bond acceptors (Lipinski definition) is 4. The average Bonchev–Trinajstić information content (AvgIpc) is 3.10. The maximum atomic E-state index is 13.6. The summed E-state index contributed by atoms with van der Waals surface area (Å²) < 4.78 is 7.76. The van der Waals surface area contributed by atoms with Gasteiger partial charge < -0.3 is 10.1 Å². The number of benzene rings is 3. The summed E-state index contributed by atoms with van der Waals surface area (Å²) in [6.45, 7) is 0. The fraction of sp³-hybridized carbons (Fsp3) is 0.0417. The van der Waals surface area contributed by atoms with E-state index >= 15 is 0 Å². The molecule has 0 atom stereocenters. The van der Waals surface area contributed by atoms with E-state index in [1.165, 1.54) is 4.57 Å². The molecule has 4 aromatic rings. The second-order valence-electron chi connectivity index (χ2n) is 7.00. The minimum Gasteiger partial charge on any atom is -0.495 e. The lowest BCUT2D eigenvalue weighted by atomic mass is 10.1. The van der Waals surface area contributed by atoms with Crippen LogP contribution in [0.2, 0.25) is 0 Å². The van der Waals surface area contributed by atoms with E-state index < -0.39 is 0 Å². The van der Waals surface area contributed by atoms with Crippen molar-refractivity contribution >= 4 is 50.1 Å². The van der Waals surface area contributed by atoms with Crippen LogP contribution in [0.5, 0.6) is 5.75 Å². The predicted molar refractivity (Wildman–Crippen MR) is 125 cm³/mol. The first-order valence-electron chi connectivity index (χ1n) is 9.55. The number of nitrogens with one attached hydrogen (secondary N) is 1. The second-order valence-corrected chi connectivity index (χ2v) is 7.92. The molecule has 31 heavy (non-hydrogen) atoms. The van der Waals surface area contributed by atoms with Gasteiger partial charge in [0.2, 0.25) is 0 Å². The van der Waals surface area contributed by atoms with E-state index in [0.29, 0.717) is 33.7 Å². The van der Waals surface area contributed by atoms with Gasteiger partial charge in [0.25, 0.3) is 11.5 Å². The van der Waals surface area contributed by atoms with Crippen LogP contribution in [0.15, 0.2) is 76.0 Å². The molecule has 0 saturated carbocycles. The van der Waals surface area contributed by atoms with E-state index in [1.54, 1.807) is 37.5 Å². The van der Waals surface area contributed by atoms with Gasteiger partial charge in [-0.1, -0.05) is 46.3 Å². The molecule has 1 amide bonds. The predicted octanol–water partition coefficient (Wildman–Crippen LogP) is 4.65. The number of para-hydroxylation sites is 3. The first-order chi connectivity index (χ1) is 15.1. The Labute approximate surface area is 185 Å². The van der Waals surface area contributed by atoms with Gasteiger partial charge in [0, 0.05) is 15.7 Å². The Kier molecular flexibility index (Phi) is 4.67. The molecule has 0 aliphatic carbocycles. The third kappa shape index (κ3) is 3.23. The number of rotatable bonds is 3. The molecule has 0 spiro atoms. The van der Waals surface area contributed by atoms with Crippen LogP contribution in [0.1, 0.15) is 11.4 Å². The minimum absolute atomic E-state index is 0.238. The first-order valence-corrected chi connectivity index (χ1v) is 10.3. The van der Waals surface area contributed by atoms with Gasteiger partial charge in [-0.05, 0) is 42.5 Å². The smallest absolute Gasteiger partial charge is 0.266 e. The number of fused-ring (bicyclic) bond motifs is 2. The second kappa shape index (κ2) is 7.52. The molecule has 1 aliphatic heterocycles. The molecular formula is C24H16BrN3O3. The SMILES string of the molecule is COc1ccccc1-n1c(/C=C2\C(=O)Nc3ccccc32)nc2ccc(Br)cc2c1=O. The molecule has 6 nitrogen and oxygen atoms in total. The highest BCUT2D eigenvalue weighted by atomic mass is 79.9. The number of amides is 1. The number of aromatic nitrogens is 2. The average molecular weight is 474 g/mol. The third-order valence-corrected chi connectivity index (χ3v) is 5.66. The largest absolute Gasteiger partial charge is 0.495 e. The summed E-state index contributed by atoms with van der Waals surface area (Å²) in [5.41, 5.74) is 2.77. The molecular weight excluding hydrogens is 458 g/mol. The zero-order valence-electron chi connectivity index (χ0n) is 16.4. The normalized spacial score (nSPS) is 14.0. The van der Waals surface area contributed by atoms with Gasteiger partial charge in [-0.3, -0.25) is 14.2 Å². The topological polar surface area (TPSA) is 73.2 Å². The number of carbonyl (C=O) groups excluding carboxylic acids is 1. The lowest BCUT2D eigenvalue weighted by molar-refractivity contribution is -0.110. The zero-order valence-corrected chi connectivity index (χ0v) is 18.0. The summed E-state index contributed by atoms with van der Waals surface area (Å²) in [7, 11) is 1.55. The summed E-state index contributed by atoms with van der Waals surface area (Å²) in [5.74, 6) is 0.626. The van der Waals surface area contributed by atoms with Crippen molar-refractivity contribution in [2.75, 3.05) is 12.4 Å². The van der Waals surface area contributed by atoms with E-state index in [1.807, 2.05) is 42.5 Å². The molecule has 0 fully saturated rings. The van der Waals surface area contributed by atoms with Crippen LogP contribution in [0, 0.1) is 0 Å². The standard InChI is InChI=1S/C24H16BrN3O3/c1-31-21-9-5-4-8-20(21)28-22(26-19-11-10-14(25)12-17(19)24(28)30)13-16-15-6-2-3-7-18(15)27-23(16)29/h2-13H,1H3,(H,27,29)/b16-13-. The summed E-state index contributed by atoms with van der Waals surface area (Å²) in [6, 6.07) is 20.0. The van der Waals surface area contributed by atoms with Gasteiger partial charge in [-0.25, -0.2) is 4.98 Å². The molecule has 1 N–H and O–H groups in total.